The Balaban J connectivity index is 3.17. The fourth-order valence-corrected chi connectivity index (χ4v) is 0.625. The predicted molar refractivity (Wildman–Crippen MR) is 37.4 cm³/mol. The summed E-state index contributed by atoms with van der Waals surface area (Å²) in [6, 6.07) is 2.87. The zero-order valence-electron chi connectivity index (χ0n) is 4.86. The molecule has 0 aliphatic rings. The van der Waals surface area contributed by atoms with Gasteiger partial charge in [0.05, 0.1) is 0 Å². The first-order valence-corrected chi connectivity index (χ1v) is 2.86. The van der Waals surface area contributed by atoms with E-state index in [2.05, 4.69) is 4.98 Å². The second-order valence-electron chi connectivity index (χ2n) is 1.74. The zero-order chi connectivity index (χ0) is 6.85. The van der Waals surface area contributed by atoms with E-state index < -0.39 is 5.95 Å². The third kappa shape index (κ3) is 1.42. The third-order valence-electron chi connectivity index (χ3n) is 1.00. The van der Waals surface area contributed by atoms with Gasteiger partial charge in [-0.3, -0.25) is 0 Å². The highest BCUT2D eigenvalue weighted by atomic mass is 35.5. The molecule has 4 heteroatoms. The number of pyridine rings is 1. The van der Waals surface area contributed by atoms with Crippen molar-refractivity contribution in [3.8, 4) is 0 Å². The average Bonchev–Trinajstić information content (AvgIpc) is 1.80. The van der Waals surface area contributed by atoms with Crippen molar-refractivity contribution in [2.24, 2.45) is 0 Å². The summed E-state index contributed by atoms with van der Waals surface area (Å²) in [5.41, 5.74) is 0.790. The molecule has 0 aliphatic heterocycles. The van der Waals surface area contributed by atoms with Crippen LogP contribution in [0.4, 0.5) is 4.39 Å². The Bertz CT molecular complexity index is 228. The first-order valence-electron chi connectivity index (χ1n) is 2.49. The minimum atomic E-state index is -0.536. The minimum Gasteiger partial charge on any atom is -0.208 e. The Kier molecular flexibility index (Phi) is 1.71. The van der Waals surface area contributed by atoms with Gasteiger partial charge in [0, 0.05) is 0 Å². The second-order valence-corrected chi connectivity index (χ2v) is 2.10. The van der Waals surface area contributed by atoms with E-state index in [0.29, 0.717) is 0 Å². The standard InChI is InChI=1S/C5H4BClFN/c6-3-1-2-4(8)9-5(3)7/h1-2H,6H2. The molecule has 0 spiro atoms. The van der Waals surface area contributed by atoms with E-state index >= 15 is 0 Å². The van der Waals surface area contributed by atoms with Crippen LogP contribution < -0.4 is 5.46 Å². The molecule has 0 amide bonds. The lowest BCUT2D eigenvalue weighted by molar-refractivity contribution is 0.585. The van der Waals surface area contributed by atoms with Crippen molar-refractivity contribution in [3.05, 3.63) is 23.2 Å². The summed E-state index contributed by atoms with van der Waals surface area (Å²) >= 11 is 5.46. The number of rotatable bonds is 0. The molecule has 0 saturated carbocycles. The molecule has 0 aliphatic carbocycles. The van der Waals surface area contributed by atoms with Crippen molar-refractivity contribution in [2.45, 2.75) is 0 Å². The quantitative estimate of drug-likeness (QED) is 0.372. The smallest absolute Gasteiger partial charge is 0.208 e. The Morgan fingerprint density at radius 2 is 2.22 bits per heavy atom. The molecule has 0 atom stereocenters. The van der Waals surface area contributed by atoms with E-state index in [9.17, 15) is 4.39 Å². The number of nitrogens with zero attached hydrogens (tertiary/aromatic N) is 1. The lowest BCUT2D eigenvalue weighted by atomic mass is 9.99. The van der Waals surface area contributed by atoms with Crippen molar-refractivity contribution in [1.29, 1.82) is 0 Å². The highest BCUT2D eigenvalue weighted by Crippen LogP contribution is 1.99. The summed E-state index contributed by atoms with van der Waals surface area (Å²) in [7, 11) is 1.77. The van der Waals surface area contributed by atoms with Gasteiger partial charge < -0.3 is 0 Å². The molecular formula is C5H4BClFN. The number of hydrogen-bond acceptors (Lipinski definition) is 1. The molecule has 0 fully saturated rings. The van der Waals surface area contributed by atoms with Crippen LogP contribution in [0.2, 0.25) is 5.15 Å². The maximum atomic E-state index is 12.2. The molecule has 46 valence electrons. The van der Waals surface area contributed by atoms with E-state index in [4.69, 9.17) is 11.6 Å². The molecule has 0 bridgehead atoms. The summed E-state index contributed by atoms with van der Waals surface area (Å²) < 4.78 is 12.2. The highest BCUT2D eigenvalue weighted by molar-refractivity contribution is 6.44. The molecule has 1 aromatic rings. The van der Waals surface area contributed by atoms with Crippen LogP contribution in [0.3, 0.4) is 0 Å². The predicted octanol–water partition coefficient (Wildman–Crippen LogP) is 0.133. The van der Waals surface area contributed by atoms with Gasteiger partial charge in [0.15, 0.2) is 0 Å². The van der Waals surface area contributed by atoms with Crippen LogP contribution in [-0.2, 0) is 0 Å². The minimum absolute atomic E-state index is 0.231. The topological polar surface area (TPSA) is 12.9 Å². The number of aromatic nitrogens is 1. The van der Waals surface area contributed by atoms with Gasteiger partial charge in [0.25, 0.3) is 0 Å². The summed E-state index contributed by atoms with van der Waals surface area (Å²) in [5, 5.41) is 0.231. The summed E-state index contributed by atoms with van der Waals surface area (Å²) in [4.78, 5) is 3.37. The first-order chi connectivity index (χ1) is 4.20. The van der Waals surface area contributed by atoms with Crippen LogP contribution >= 0.6 is 11.6 Å². The summed E-state index contributed by atoms with van der Waals surface area (Å²) in [5.74, 6) is -0.536. The monoisotopic (exact) mass is 143 g/mol. The van der Waals surface area contributed by atoms with Crippen LogP contribution in [0.1, 0.15) is 0 Å². The molecule has 0 aromatic carbocycles. The van der Waals surface area contributed by atoms with E-state index in [1.165, 1.54) is 6.07 Å². The Morgan fingerprint density at radius 1 is 1.56 bits per heavy atom. The molecule has 0 N–H and O–H groups in total. The Hall–Kier alpha value is -0.565. The van der Waals surface area contributed by atoms with Crippen molar-refractivity contribution < 1.29 is 4.39 Å². The number of hydrogen-bond donors (Lipinski definition) is 0. The molecule has 1 aromatic heterocycles. The van der Waals surface area contributed by atoms with Gasteiger partial charge >= 0.3 is 0 Å². The maximum Gasteiger partial charge on any atom is 0.214 e. The summed E-state index contributed by atoms with van der Waals surface area (Å²) in [6.45, 7) is 0. The van der Waals surface area contributed by atoms with Gasteiger partial charge in [0.1, 0.15) is 13.0 Å². The highest BCUT2D eigenvalue weighted by Gasteiger charge is 1.95. The molecular weight excluding hydrogens is 139 g/mol. The van der Waals surface area contributed by atoms with Gasteiger partial charge in [-0.25, -0.2) is 4.98 Å². The first kappa shape index (κ1) is 6.55. The van der Waals surface area contributed by atoms with Crippen LogP contribution in [-0.4, -0.2) is 12.8 Å². The van der Waals surface area contributed by atoms with E-state index in [1.54, 1.807) is 13.9 Å². The third-order valence-corrected chi connectivity index (χ3v) is 1.38. The van der Waals surface area contributed by atoms with E-state index in [-0.39, 0.29) is 5.15 Å². The molecule has 1 rings (SSSR count). The lowest BCUT2D eigenvalue weighted by Crippen LogP contribution is -2.05. The van der Waals surface area contributed by atoms with Crippen LogP contribution in [0.25, 0.3) is 0 Å². The normalized spacial score (nSPS) is 9.56. The van der Waals surface area contributed by atoms with Gasteiger partial charge in [-0.2, -0.15) is 4.39 Å². The molecule has 0 radical (unpaired) electrons. The van der Waals surface area contributed by atoms with Gasteiger partial charge in [0.2, 0.25) is 5.95 Å². The molecule has 9 heavy (non-hydrogen) atoms. The average molecular weight is 143 g/mol. The second kappa shape index (κ2) is 2.35. The van der Waals surface area contributed by atoms with E-state index in [1.807, 2.05) is 0 Å². The molecule has 1 nitrogen and oxygen atoms in total. The van der Waals surface area contributed by atoms with Gasteiger partial charge in [-0.05, 0) is 6.07 Å². The van der Waals surface area contributed by atoms with Crippen LogP contribution in [0.15, 0.2) is 12.1 Å². The Morgan fingerprint density at radius 3 is 2.67 bits per heavy atom. The fraction of sp³-hybridized carbons (Fsp3) is 0. The molecule has 0 unspecified atom stereocenters. The fourth-order valence-electron chi connectivity index (χ4n) is 0.482. The van der Waals surface area contributed by atoms with Crippen molar-refractivity contribution in [1.82, 2.24) is 4.98 Å². The largest absolute Gasteiger partial charge is 0.214 e. The summed E-state index contributed by atoms with van der Waals surface area (Å²) in [6.07, 6.45) is 0. The van der Waals surface area contributed by atoms with Gasteiger partial charge in [-0.1, -0.05) is 23.1 Å². The molecule has 1 heterocycles. The van der Waals surface area contributed by atoms with E-state index in [0.717, 1.165) is 5.46 Å². The van der Waals surface area contributed by atoms with Crippen molar-refractivity contribution in [2.75, 3.05) is 0 Å². The Labute approximate surface area is 58.3 Å². The molecule has 0 saturated heterocycles. The zero-order valence-corrected chi connectivity index (χ0v) is 5.61. The SMILES string of the molecule is Bc1ccc(F)nc1Cl. The van der Waals surface area contributed by atoms with Crippen LogP contribution in [0, 0.1) is 5.95 Å². The lowest BCUT2D eigenvalue weighted by Gasteiger charge is -1.92. The maximum absolute atomic E-state index is 12.2. The van der Waals surface area contributed by atoms with Crippen LogP contribution in [0.5, 0.6) is 0 Å². The van der Waals surface area contributed by atoms with Crippen molar-refractivity contribution in [3.63, 3.8) is 0 Å². The number of halogens is 2. The van der Waals surface area contributed by atoms with Gasteiger partial charge in [-0.15, -0.1) is 0 Å². The van der Waals surface area contributed by atoms with Crippen molar-refractivity contribution >= 4 is 24.9 Å².